The Kier molecular flexibility index (Phi) is 3.88. The van der Waals surface area contributed by atoms with Crippen molar-refractivity contribution < 1.29 is 9.63 Å². The van der Waals surface area contributed by atoms with Gasteiger partial charge in [0, 0.05) is 18.8 Å². The van der Waals surface area contributed by atoms with E-state index >= 15 is 0 Å². The number of hydrogen-bond donors (Lipinski definition) is 1. The van der Waals surface area contributed by atoms with Gasteiger partial charge in [0.25, 0.3) is 5.91 Å². The molecule has 0 fully saturated rings. The Morgan fingerprint density at radius 1 is 1.53 bits per heavy atom. The van der Waals surface area contributed by atoms with Crippen LogP contribution < -0.4 is 5.73 Å². The van der Waals surface area contributed by atoms with Gasteiger partial charge in [-0.1, -0.05) is 12.1 Å². The second kappa shape index (κ2) is 5.17. The van der Waals surface area contributed by atoms with E-state index in [1.165, 1.54) is 13.2 Å². The highest BCUT2D eigenvalue weighted by molar-refractivity contribution is 5.90. The highest BCUT2D eigenvalue weighted by Gasteiger charge is 2.01. The molecule has 0 saturated carbocycles. The first-order valence-corrected chi connectivity index (χ1v) is 4.49. The molecule has 0 saturated heterocycles. The molecule has 1 aromatic carbocycles. The van der Waals surface area contributed by atoms with Crippen LogP contribution in [0.2, 0.25) is 0 Å². The number of nitrogen functional groups attached to an aromatic ring is 1. The third-order valence-corrected chi connectivity index (χ3v) is 1.91. The topological polar surface area (TPSA) is 55.6 Å². The fourth-order valence-electron chi connectivity index (χ4n) is 1.03. The lowest BCUT2D eigenvalue weighted by molar-refractivity contribution is -0.162. The molecule has 0 radical (unpaired) electrons. The number of benzene rings is 1. The number of anilines is 1. The maximum Gasteiger partial charge on any atom is 0.269 e. The van der Waals surface area contributed by atoms with Gasteiger partial charge >= 0.3 is 0 Å². The molecule has 1 rings (SSSR count). The molecular weight excluding hydrogens is 192 g/mol. The molecule has 4 heteroatoms. The van der Waals surface area contributed by atoms with Crippen LogP contribution in [0.4, 0.5) is 5.69 Å². The van der Waals surface area contributed by atoms with Crippen molar-refractivity contribution in [2.75, 3.05) is 19.9 Å². The maximum absolute atomic E-state index is 11.3. The smallest absolute Gasteiger partial charge is 0.269 e. The zero-order valence-electron chi connectivity index (χ0n) is 8.81. The summed E-state index contributed by atoms with van der Waals surface area (Å²) in [5.41, 5.74) is 7.15. The molecule has 0 atom stereocenters. The number of amides is 1. The lowest BCUT2D eigenvalue weighted by atomic mass is 10.2. The van der Waals surface area contributed by atoms with Gasteiger partial charge in [-0.25, -0.2) is 5.06 Å². The van der Waals surface area contributed by atoms with E-state index in [-0.39, 0.29) is 5.91 Å². The number of hydroxylamine groups is 2. The summed E-state index contributed by atoms with van der Waals surface area (Å²) in [6.07, 6.45) is 3.12. The summed E-state index contributed by atoms with van der Waals surface area (Å²) in [6, 6.07) is 7.28. The van der Waals surface area contributed by atoms with Gasteiger partial charge in [0.15, 0.2) is 0 Å². The fraction of sp³-hybridized carbons (Fsp3) is 0.182. The van der Waals surface area contributed by atoms with Crippen molar-refractivity contribution >= 4 is 17.7 Å². The Hall–Kier alpha value is -1.81. The summed E-state index contributed by atoms with van der Waals surface area (Å²) >= 11 is 0. The number of carbonyl (C=O) groups excluding carboxylic acids is 1. The monoisotopic (exact) mass is 206 g/mol. The van der Waals surface area contributed by atoms with Gasteiger partial charge in [-0.2, -0.15) is 0 Å². The molecule has 0 heterocycles. The second-order valence-electron chi connectivity index (χ2n) is 3.02. The molecule has 1 amide bonds. The predicted octanol–water partition coefficient (Wildman–Crippen LogP) is 1.30. The van der Waals surface area contributed by atoms with Crippen LogP contribution in [-0.4, -0.2) is 25.1 Å². The van der Waals surface area contributed by atoms with E-state index in [2.05, 4.69) is 0 Å². The highest BCUT2D eigenvalue weighted by Crippen LogP contribution is 2.08. The Labute approximate surface area is 88.9 Å². The van der Waals surface area contributed by atoms with Gasteiger partial charge in [-0.05, 0) is 23.8 Å². The van der Waals surface area contributed by atoms with Crippen LogP contribution in [0.25, 0.3) is 6.08 Å². The number of likely N-dealkylation sites (N-methyl/N-ethyl adjacent to an activating group) is 1. The van der Waals surface area contributed by atoms with E-state index in [1.54, 1.807) is 25.3 Å². The van der Waals surface area contributed by atoms with Gasteiger partial charge < -0.3 is 5.73 Å². The number of nitrogens with two attached hydrogens (primary N) is 1. The molecule has 0 spiro atoms. The van der Waals surface area contributed by atoms with Gasteiger partial charge in [0.1, 0.15) is 0 Å². The van der Waals surface area contributed by atoms with E-state index in [0.29, 0.717) is 5.69 Å². The minimum absolute atomic E-state index is 0.222. The average molecular weight is 206 g/mol. The molecule has 80 valence electrons. The van der Waals surface area contributed by atoms with Crippen LogP contribution in [0.15, 0.2) is 30.3 Å². The number of carbonyl (C=O) groups is 1. The Morgan fingerprint density at radius 2 is 2.27 bits per heavy atom. The van der Waals surface area contributed by atoms with Gasteiger partial charge in [0.2, 0.25) is 0 Å². The van der Waals surface area contributed by atoms with Gasteiger partial charge in [-0.3, -0.25) is 9.63 Å². The predicted molar refractivity (Wildman–Crippen MR) is 59.7 cm³/mol. The van der Waals surface area contributed by atoms with E-state index in [0.717, 1.165) is 10.6 Å². The first-order chi connectivity index (χ1) is 7.13. The van der Waals surface area contributed by atoms with Crippen LogP contribution in [0.5, 0.6) is 0 Å². The van der Waals surface area contributed by atoms with E-state index < -0.39 is 0 Å². The van der Waals surface area contributed by atoms with Crippen molar-refractivity contribution in [1.29, 1.82) is 0 Å². The first-order valence-electron chi connectivity index (χ1n) is 4.49. The van der Waals surface area contributed by atoms with Crippen molar-refractivity contribution in [1.82, 2.24) is 5.06 Å². The molecule has 0 aliphatic heterocycles. The Bertz CT molecular complexity index is 375. The minimum atomic E-state index is -0.222. The highest BCUT2D eigenvalue weighted by atomic mass is 16.7. The molecule has 0 aromatic heterocycles. The van der Waals surface area contributed by atoms with E-state index in [4.69, 9.17) is 10.6 Å². The summed E-state index contributed by atoms with van der Waals surface area (Å²) in [4.78, 5) is 16.0. The van der Waals surface area contributed by atoms with Crippen molar-refractivity contribution in [3.63, 3.8) is 0 Å². The Balaban J connectivity index is 2.69. The van der Waals surface area contributed by atoms with Crippen molar-refractivity contribution in [2.24, 2.45) is 0 Å². The van der Waals surface area contributed by atoms with Crippen LogP contribution in [-0.2, 0) is 9.63 Å². The van der Waals surface area contributed by atoms with E-state index in [1.807, 2.05) is 12.1 Å². The van der Waals surface area contributed by atoms with Gasteiger partial charge in [-0.15, -0.1) is 0 Å². The molecule has 15 heavy (non-hydrogen) atoms. The second-order valence-corrected chi connectivity index (χ2v) is 3.02. The third kappa shape index (κ3) is 3.44. The maximum atomic E-state index is 11.3. The molecule has 0 unspecified atom stereocenters. The zero-order valence-corrected chi connectivity index (χ0v) is 8.81. The molecule has 0 aliphatic carbocycles. The average Bonchev–Trinajstić information content (AvgIpc) is 2.25. The van der Waals surface area contributed by atoms with Crippen LogP contribution >= 0.6 is 0 Å². The fourth-order valence-corrected chi connectivity index (χ4v) is 1.03. The van der Waals surface area contributed by atoms with Crippen molar-refractivity contribution in [3.05, 3.63) is 35.9 Å². The lowest BCUT2D eigenvalue weighted by Crippen LogP contribution is -2.22. The van der Waals surface area contributed by atoms with Crippen molar-refractivity contribution in [2.45, 2.75) is 0 Å². The summed E-state index contributed by atoms with van der Waals surface area (Å²) in [6.45, 7) is 0. The number of hydrogen-bond acceptors (Lipinski definition) is 3. The zero-order chi connectivity index (χ0) is 11.3. The SMILES string of the molecule is CON(C)C(=O)/C=C/c1cccc(N)c1. The van der Waals surface area contributed by atoms with Crippen LogP contribution in [0.3, 0.4) is 0 Å². The van der Waals surface area contributed by atoms with Crippen LogP contribution in [0, 0.1) is 0 Å². The largest absolute Gasteiger partial charge is 0.399 e. The first kappa shape index (κ1) is 11.3. The Morgan fingerprint density at radius 3 is 2.87 bits per heavy atom. The number of nitrogens with zero attached hydrogens (tertiary/aromatic N) is 1. The molecule has 0 bridgehead atoms. The van der Waals surface area contributed by atoms with E-state index in [9.17, 15) is 4.79 Å². The quantitative estimate of drug-likeness (QED) is 0.461. The lowest BCUT2D eigenvalue weighted by Gasteiger charge is -2.09. The summed E-state index contributed by atoms with van der Waals surface area (Å²) in [5, 5.41) is 1.14. The van der Waals surface area contributed by atoms with Crippen molar-refractivity contribution in [3.8, 4) is 0 Å². The third-order valence-electron chi connectivity index (χ3n) is 1.91. The number of rotatable bonds is 3. The molecule has 2 N–H and O–H groups in total. The molecule has 4 nitrogen and oxygen atoms in total. The summed E-state index contributed by atoms with van der Waals surface area (Å²) < 4.78 is 0. The van der Waals surface area contributed by atoms with Crippen LogP contribution in [0.1, 0.15) is 5.56 Å². The summed E-state index contributed by atoms with van der Waals surface area (Å²) in [7, 11) is 2.98. The standard InChI is InChI=1S/C11H14N2O2/c1-13(15-2)11(14)7-6-9-4-3-5-10(12)8-9/h3-8H,12H2,1-2H3/b7-6+. The molecule has 1 aromatic rings. The summed E-state index contributed by atoms with van der Waals surface area (Å²) in [5.74, 6) is -0.222. The molecule has 0 aliphatic rings. The minimum Gasteiger partial charge on any atom is -0.399 e. The van der Waals surface area contributed by atoms with Gasteiger partial charge in [0.05, 0.1) is 7.11 Å². The molecular formula is C11H14N2O2. The normalized spacial score (nSPS) is 10.5.